The molecule has 0 bridgehead atoms. The Hall–Kier alpha value is -2.19. The quantitative estimate of drug-likeness (QED) is 0.638. The lowest BCUT2D eigenvalue weighted by atomic mass is 9.83. The fraction of sp³-hybridized carbons (Fsp3) is 0.600. The summed E-state index contributed by atoms with van der Waals surface area (Å²) in [6.07, 6.45) is 8.33. The first kappa shape index (κ1) is 24.0. The third-order valence-electron chi connectivity index (χ3n) is 7.20. The Morgan fingerprint density at radius 1 is 1.09 bits per heavy atom. The van der Waals surface area contributed by atoms with Crippen LogP contribution in [0.1, 0.15) is 74.4 Å². The molecule has 2 aromatic rings. The summed E-state index contributed by atoms with van der Waals surface area (Å²) < 4.78 is 32.7. The van der Waals surface area contributed by atoms with E-state index in [2.05, 4.69) is 22.6 Å². The lowest BCUT2D eigenvalue weighted by molar-refractivity contribution is -0.127. The minimum atomic E-state index is -3.67. The molecule has 1 N–H and O–H groups in total. The Bertz CT molecular complexity index is 1020. The Morgan fingerprint density at radius 2 is 1.76 bits per heavy atom. The number of nitrogens with one attached hydrogen (secondary N) is 1. The summed E-state index contributed by atoms with van der Waals surface area (Å²) in [5.74, 6) is 0.805. The van der Waals surface area contributed by atoms with Gasteiger partial charge in [0.2, 0.25) is 15.9 Å². The predicted octanol–water partition coefficient (Wildman–Crippen LogP) is 4.52. The number of sulfonamides is 1. The second-order valence-electron chi connectivity index (χ2n) is 9.54. The van der Waals surface area contributed by atoms with Gasteiger partial charge in [-0.1, -0.05) is 67.6 Å². The molecule has 1 aromatic heterocycles. The number of hydrogen-bond acceptors (Lipinski definition) is 5. The molecule has 2 aliphatic rings. The van der Waals surface area contributed by atoms with Gasteiger partial charge in [0.25, 0.3) is 0 Å². The smallest absolute Gasteiger partial charge is 0.248 e. The van der Waals surface area contributed by atoms with Crippen LogP contribution >= 0.6 is 0 Å². The normalized spacial score (nSPS) is 19.9. The van der Waals surface area contributed by atoms with Crippen molar-refractivity contribution in [1.29, 1.82) is 0 Å². The SMILES string of the molecule is Cc1noc(C)c1S(=O)(=O)N1CCC(C(=O)NC(CC2CCCCC2)c2ccccc2)CC1. The minimum absolute atomic E-state index is 0.00543. The fourth-order valence-electron chi connectivity index (χ4n) is 5.34. The molecule has 33 heavy (non-hydrogen) atoms. The predicted molar refractivity (Wildman–Crippen MR) is 126 cm³/mol. The van der Waals surface area contributed by atoms with E-state index in [-0.39, 0.29) is 22.8 Å². The fourth-order valence-corrected chi connectivity index (χ4v) is 7.10. The van der Waals surface area contributed by atoms with Gasteiger partial charge >= 0.3 is 0 Å². The molecule has 1 aliphatic heterocycles. The lowest BCUT2D eigenvalue weighted by Gasteiger charge is -2.32. The van der Waals surface area contributed by atoms with Gasteiger partial charge < -0.3 is 9.84 Å². The van der Waals surface area contributed by atoms with Crippen LogP contribution < -0.4 is 5.32 Å². The van der Waals surface area contributed by atoms with Gasteiger partial charge in [0, 0.05) is 19.0 Å². The van der Waals surface area contributed by atoms with Crippen LogP contribution in [0, 0.1) is 25.7 Å². The van der Waals surface area contributed by atoms with Crippen molar-refractivity contribution in [3.8, 4) is 0 Å². The van der Waals surface area contributed by atoms with Gasteiger partial charge in [0.05, 0.1) is 6.04 Å². The van der Waals surface area contributed by atoms with Gasteiger partial charge in [-0.15, -0.1) is 0 Å². The van der Waals surface area contributed by atoms with Crippen molar-refractivity contribution in [3.63, 3.8) is 0 Å². The Kier molecular flexibility index (Phi) is 7.54. The maximum atomic E-state index is 13.2. The van der Waals surface area contributed by atoms with Gasteiger partial charge in [0.15, 0.2) is 5.76 Å². The van der Waals surface area contributed by atoms with Gasteiger partial charge in [-0.3, -0.25) is 4.79 Å². The van der Waals surface area contributed by atoms with Crippen LogP contribution in [0.25, 0.3) is 0 Å². The van der Waals surface area contributed by atoms with Gasteiger partial charge in [-0.25, -0.2) is 8.42 Å². The van der Waals surface area contributed by atoms with Crippen LogP contribution in [0.4, 0.5) is 0 Å². The molecule has 2 fully saturated rings. The molecule has 4 rings (SSSR count). The van der Waals surface area contributed by atoms with Crippen LogP contribution in [0.5, 0.6) is 0 Å². The average Bonchev–Trinajstić information content (AvgIpc) is 3.18. The summed E-state index contributed by atoms with van der Waals surface area (Å²) in [6.45, 7) is 3.90. The van der Waals surface area contributed by atoms with Crippen molar-refractivity contribution in [2.75, 3.05) is 13.1 Å². The standard InChI is InChI=1S/C25H35N3O4S/c1-18-24(19(2)32-27-18)33(30,31)28-15-13-22(14-16-28)25(29)26-23(21-11-7-4-8-12-21)17-20-9-5-3-6-10-20/h4,7-8,11-12,20,22-23H,3,5-6,9-10,13-17H2,1-2H3,(H,26,29). The first-order valence-corrected chi connectivity index (χ1v) is 13.6. The van der Waals surface area contributed by atoms with Crippen molar-refractivity contribution in [2.45, 2.75) is 76.2 Å². The molecule has 1 unspecified atom stereocenters. The van der Waals surface area contributed by atoms with Crippen molar-refractivity contribution < 1.29 is 17.7 Å². The van der Waals surface area contributed by atoms with E-state index in [1.165, 1.54) is 36.4 Å². The number of amides is 1. The highest BCUT2D eigenvalue weighted by Crippen LogP contribution is 2.33. The summed E-state index contributed by atoms with van der Waals surface area (Å²) in [6, 6.07) is 10.2. The van der Waals surface area contributed by atoms with Gasteiger partial charge in [0.1, 0.15) is 10.6 Å². The molecule has 1 saturated heterocycles. The van der Waals surface area contributed by atoms with E-state index in [9.17, 15) is 13.2 Å². The van der Waals surface area contributed by atoms with E-state index in [0.717, 1.165) is 12.0 Å². The molecule has 7 nitrogen and oxygen atoms in total. The zero-order valence-corrected chi connectivity index (χ0v) is 20.4. The summed E-state index contributed by atoms with van der Waals surface area (Å²) in [5.41, 5.74) is 1.52. The number of hydrogen-bond donors (Lipinski definition) is 1. The second kappa shape index (κ2) is 10.4. The molecule has 1 amide bonds. The largest absolute Gasteiger partial charge is 0.360 e. The molecule has 0 spiro atoms. The molecular formula is C25H35N3O4S. The number of piperidine rings is 1. The number of carbonyl (C=O) groups is 1. The van der Waals surface area contributed by atoms with E-state index in [0.29, 0.717) is 43.3 Å². The first-order chi connectivity index (χ1) is 15.9. The maximum absolute atomic E-state index is 13.2. The van der Waals surface area contributed by atoms with Crippen molar-refractivity contribution in [1.82, 2.24) is 14.8 Å². The summed E-state index contributed by atoms with van der Waals surface area (Å²) in [4.78, 5) is 13.4. The second-order valence-corrected chi connectivity index (χ2v) is 11.4. The van der Waals surface area contributed by atoms with E-state index in [4.69, 9.17) is 4.52 Å². The van der Waals surface area contributed by atoms with Crippen LogP contribution in [0.3, 0.4) is 0 Å². The third kappa shape index (κ3) is 5.49. The molecule has 8 heteroatoms. The van der Waals surface area contributed by atoms with E-state index in [1.54, 1.807) is 13.8 Å². The monoisotopic (exact) mass is 473 g/mol. The number of rotatable bonds is 7. The Labute approximate surface area is 197 Å². The third-order valence-corrected chi connectivity index (χ3v) is 9.35. The average molecular weight is 474 g/mol. The van der Waals surface area contributed by atoms with E-state index in [1.807, 2.05) is 18.2 Å². The van der Waals surface area contributed by atoms with Crippen LogP contribution in [-0.2, 0) is 14.8 Å². The number of nitrogens with zero attached hydrogens (tertiary/aromatic N) is 2. The van der Waals surface area contributed by atoms with Gasteiger partial charge in [-0.05, 0) is 44.6 Å². The Balaban J connectivity index is 1.39. The molecule has 1 saturated carbocycles. The van der Waals surface area contributed by atoms with Crippen LogP contribution in [0.2, 0.25) is 0 Å². The lowest BCUT2D eigenvalue weighted by Crippen LogP contribution is -2.44. The first-order valence-electron chi connectivity index (χ1n) is 12.1. The highest BCUT2D eigenvalue weighted by molar-refractivity contribution is 7.89. The molecule has 1 aromatic carbocycles. The number of benzene rings is 1. The highest BCUT2D eigenvalue weighted by atomic mass is 32.2. The van der Waals surface area contributed by atoms with Crippen LogP contribution in [0.15, 0.2) is 39.8 Å². The van der Waals surface area contributed by atoms with E-state index >= 15 is 0 Å². The highest BCUT2D eigenvalue weighted by Gasteiger charge is 2.36. The molecule has 1 aliphatic carbocycles. The zero-order valence-electron chi connectivity index (χ0n) is 19.6. The number of aromatic nitrogens is 1. The molecule has 2 heterocycles. The van der Waals surface area contributed by atoms with Crippen molar-refractivity contribution in [3.05, 3.63) is 47.3 Å². The summed E-state index contributed by atoms with van der Waals surface area (Å²) in [5, 5.41) is 7.10. The summed E-state index contributed by atoms with van der Waals surface area (Å²) >= 11 is 0. The molecule has 0 radical (unpaired) electrons. The van der Waals surface area contributed by atoms with E-state index < -0.39 is 10.0 Å². The topological polar surface area (TPSA) is 92.5 Å². The van der Waals surface area contributed by atoms with Crippen molar-refractivity contribution >= 4 is 15.9 Å². The molecular weight excluding hydrogens is 438 g/mol. The van der Waals surface area contributed by atoms with Gasteiger partial charge in [-0.2, -0.15) is 4.31 Å². The minimum Gasteiger partial charge on any atom is -0.360 e. The number of aryl methyl sites for hydroxylation is 2. The summed E-state index contributed by atoms with van der Waals surface area (Å²) in [7, 11) is -3.67. The van der Waals surface area contributed by atoms with Crippen LogP contribution in [-0.4, -0.2) is 36.9 Å². The zero-order chi connectivity index (χ0) is 23.4. The molecule has 1 atom stereocenters. The Morgan fingerprint density at radius 3 is 2.36 bits per heavy atom. The molecule has 180 valence electrons. The van der Waals surface area contributed by atoms with Crippen molar-refractivity contribution in [2.24, 2.45) is 11.8 Å². The maximum Gasteiger partial charge on any atom is 0.248 e. The number of carbonyl (C=O) groups excluding carboxylic acids is 1.